The first-order valence-corrected chi connectivity index (χ1v) is 9.28. The molecule has 0 bridgehead atoms. The molecule has 1 aromatic carbocycles. The first kappa shape index (κ1) is 19.4. The van der Waals surface area contributed by atoms with Crippen LogP contribution in [-0.4, -0.2) is 53.9 Å². The molecule has 27 heavy (non-hydrogen) atoms. The SMILES string of the molecule is COc1cccc(CN2CCOCC2CC(=O)NCc2c(C)n[nH]c2C)c1. The predicted octanol–water partition coefficient (Wildman–Crippen LogP) is 1.94. The van der Waals surface area contributed by atoms with Gasteiger partial charge in [0, 0.05) is 43.4 Å². The number of benzene rings is 1. The molecule has 2 N–H and O–H groups in total. The maximum Gasteiger partial charge on any atom is 0.221 e. The van der Waals surface area contributed by atoms with Gasteiger partial charge >= 0.3 is 0 Å². The number of hydrogen-bond acceptors (Lipinski definition) is 5. The number of carbonyl (C=O) groups excluding carboxylic acids is 1. The highest BCUT2D eigenvalue weighted by Gasteiger charge is 2.25. The van der Waals surface area contributed by atoms with Gasteiger partial charge in [0.25, 0.3) is 0 Å². The Morgan fingerprint density at radius 3 is 3.04 bits per heavy atom. The molecule has 2 aromatic rings. The zero-order valence-corrected chi connectivity index (χ0v) is 16.2. The Bertz CT molecular complexity index is 755. The molecule has 1 unspecified atom stereocenters. The Labute approximate surface area is 160 Å². The number of morpholine rings is 1. The molecular weight excluding hydrogens is 344 g/mol. The van der Waals surface area contributed by atoms with E-state index in [1.807, 2.05) is 32.0 Å². The van der Waals surface area contributed by atoms with Crippen LogP contribution in [0.4, 0.5) is 0 Å². The minimum absolute atomic E-state index is 0.0288. The van der Waals surface area contributed by atoms with E-state index in [0.29, 0.717) is 26.2 Å². The molecule has 7 heteroatoms. The Hall–Kier alpha value is -2.38. The third kappa shape index (κ3) is 5.08. The van der Waals surface area contributed by atoms with Gasteiger partial charge < -0.3 is 14.8 Å². The number of ether oxygens (including phenoxy) is 2. The minimum atomic E-state index is 0.0288. The second-order valence-corrected chi connectivity index (χ2v) is 6.94. The van der Waals surface area contributed by atoms with Gasteiger partial charge in [-0.05, 0) is 31.5 Å². The monoisotopic (exact) mass is 372 g/mol. The van der Waals surface area contributed by atoms with Crippen molar-refractivity contribution in [3.63, 3.8) is 0 Å². The van der Waals surface area contributed by atoms with E-state index in [9.17, 15) is 4.79 Å². The van der Waals surface area contributed by atoms with Crippen LogP contribution in [0.3, 0.4) is 0 Å². The number of nitrogens with one attached hydrogen (secondary N) is 2. The number of amides is 1. The molecule has 1 aromatic heterocycles. The summed E-state index contributed by atoms with van der Waals surface area (Å²) in [5, 5.41) is 10.1. The fourth-order valence-electron chi connectivity index (χ4n) is 3.40. The number of nitrogens with zero attached hydrogens (tertiary/aromatic N) is 2. The Balaban J connectivity index is 1.57. The van der Waals surface area contributed by atoms with E-state index >= 15 is 0 Å². The van der Waals surface area contributed by atoms with Crippen molar-refractivity contribution in [1.29, 1.82) is 0 Å². The van der Waals surface area contributed by atoms with E-state index in [1.54, 1.807) is 7.11 Å². The fraction of sp³-hybridized carbons (Fsp3) is 0.500. The maximum absolute atomic E-state index is 12.5. The average Bonchev–Trinajstić information content (AvgIpc) is 2.99. The number of aromatic amines is 1. The van der Waals surface area contributed by atoms with E-state index in [1.165, 1.54) is 5.56 Å². The second-order valence-electron chi connectivity index (χ2n) is 6.94. The van der Waals surface area contributed by atoms with Crippen molar-refractivity contribution in [3.8, 4) is 5.75 Å². The molecule has 0 spiro atoms. The van der Waals surface area contributed by atoms with Crippen molar-refractivity contribution >= 4 is 5.91 Å². The predicted molar refractivity (Wildman–Crippen MR) is 103 cm³/mol. The third-order valence-electron chi connectivity index (χ3n) is 5.03. The summed E-state index contributed by atoms with van der Waals surface area (Å²) >= 11 is 0. The molecule has 2 heterocycles. The maximum atomic E-state index is 12.5. The molecular formula is C20H28N4O3. The normalized spacial score (nSPS) is 17.7. The van der Waals surface area contributed by atoms with Gasteiger partial charge in [-0.15, -0.1) is 0 Å². The Morgan fingerprint density at radius 2 is 2.30 bits per heavy atom. The summed E-state index contributed by atoms with van der Waals surface area (Å²) in [5.41, 5.74) is 4.14. The molecule has 0 saturated carbocycles. The van der Waals surface area contributed by atoms with Crippen molar-refractivity contribution in [2.45, 2.75) is 39.4 Å². The lowest BCUT2D eigenvalue weighted by atomic mass is 10.1. The zero-order chi connectivity index (χ0) is 19.2. The van der Waals surface area contributed by atoms with Crippen LogP contribution in [-0.2, 0) is 22.6 Å². The summed E-state index contributed by atoms with van der Waals surface area (Å²) in [6.45, 7) is 7.25. The molecule has 1 atom stereocenters. The lowest BCUT2D eigenvalue weighted by molar-refractivity contribution is -0.124. The molecule has 1 fully saturated rings. The lowest BCUT2D eigenvalue weighted by Crippen LogP contribution is -2.47. The quantitative estimate of drug-likeness (QED) is 0.777. The lowest BCUT2D eigenvalue weighted by Gasteiger charge is -2.35. The summed E-state index contributed by atoms with van der Waals surface area (Å²) in [7, 11) is 1.67. The standard InChI is InChI=1S/C20H28N4O3/c1-14-19(15(2)23-22-14)11-21-20(25)10-17-13-27-8-7-24(17)12-16-5-4-6-18(9-16)26-3/h4-6,9,17H,7-8,10-13H2,1-3H3,(H,21,25)(H,22,23). The third-order valence-corrected chi connectivity index (χ3v) is 5.03. The first-order chi connectivity index (χ1) is 13.1. The molecule has 1 amide bonds. The highest BCUT2D eigenvalue weighted by molar-refractivity contribution is 5.76. The number of rotatable bonds is 7. The average molecular weight is 372 g/mol. The molecule has 7 nitrogen and oxygen atoms in total. The van der Waals surface area contributed by atoms with Gasteiger partial charge in [-0.2, -0.15) is 5.10 Å². The number of aryl methyl sites for hydroxylation is 2. The summed E-state index contributed by atoms with van der Waals surface area (Å²) in [5.74, 6) is 0.877. The largest absolute Gasteiger partial charge is 0.497 e. The van der Waals surface area contributed by atoms with E-state index in [2.05, 4.69) is 26.5 Å². The number of carbonyl (C=O) groups is 1. The van der Waals surface area contributed by atoms with Gasteiger partial charge in [0.2, 0.25) is 5.91 Å². The molecule has 1 aliphatic heterocycles. The topological polar surface area (TPSA) is 79.5 Å². The fourth-order valence-corrected chi connectivity index (χ4v) is 3.40. The van der Waals surface area contributed by atoms with Gasteiger partial charge in [0.15, 0.2) is 0 Å². The molecule has 3 rings (SSSR count). The van der Waals surface area contributed by atoms with Gasteiger partial charge in [0.05, 0.1) is 26.0 Å². The first-order valence-electron chi connectivity index (χ1n) is 9.28. The molecule has 1 saturated heterocycles. The summed E-state index contributed by atoms with van der Waals surface area (Å²) < 4.78 is 10.9. The van der Waals surface area contributed by atoms with E-state index in [0.717, 1.165) is 35.8 Å². The number of H-pyrrole nitrogens is 1. The Morgan fingerprint density at radius 1 is 1.44 bits per heavy atom. The second kappa shape index (κ2) is 9.01. The minimum Gasteiger partial charge on any atom is -0.497 e. The van der Waals surface area contributed by atoms with E-state index in [4.69, 9.17) is 9.47 Å². The summed E-state index contributed by atoms with van der Waals surface area (Å²) in [6.07, 6.45) is 0.417. The van der Waals surface area contributed by atoms with Crippen LogP contribution in [0.25, 0.3) is 0 Å². The summed E-state index contributed by atoms with van der Waals surface area (Å²) in [4.78, 5) is 14.8. The van der Waals surface area contributed by atoms with Gasteiger partial charge in [-0.25, -0.2) is 0 Å². The van der Waals surface area contributed by atoms with Crippen LogP contribution in [0.2, 0.25) is 0 Å². The summed E-state index contributed by atoms with van der Waals surface area (Å²) in [6, 6.07) is 8.12. The van der Waals surface area contributed by atoms with Crippen LogP contribution in [0.15, 0.2) is 24.3 Å². The number of aromatic nitrogens is 2. The molecule has 146 valence electrons. The number of hydrogen-bond donors (Lipinski definition) is 2. The van der Waals surface area contributed by atoms with Crippen LogP contribution in [0, 0.1) is 13.8 Å². The number of methoxy groups -OCH3 is 1. The smallest absolute Gasteiger partial charge is 0.221 e. The van der Waals surface area contributed by atoms with Crippen LogP contribution >= 0.6 is 0 Å². The van der Waals surface area contributed by atoms with Crippen molar-refractivity contribution < 1.29 is 14.3 Å². The van der Waals surface area contributed by atoms with Crippen molar-refractivity contribution in [3.05, 3.63) is 46.8 Å². The van der Waals surface area contributed by atoms with Crippen molar-refractivity contribution in [2.75, 3.05) is 26.9 Å². The van der Waals surface area contributed by atoms with Gasteiger partial charge in [-0.1, -0.05) is 12.1 Å². The highest BCUT2D eigenvalue weighted by Crippen LogP contribution is 2.18. The van der Waals surface area contributed by atoms with Gasteiger partial charge in [-0.3, -0.25) is 14.8 Å². The molecule has 1 aliphatic rings. The zero-order valence-electron chi connectivity index (χ0n) is 16.2. The molecule has 0 aliphatic carbocycles. The van der Waals surface area contributed by atoms with Crippen LogP contribution in [0.5, 0.6) is 5.75 Å². The van der Waals surface area contributed by atoms with Gasteiger partial charge in [0.1, 0.15) is 5.75 Å². The van der Waals surface area contributed by atoms with Crippen LogP contribution in [0.1, 0.15) is 28.9 Å². The van der Waals surface area contributed by atoms with E-state index < -0.39 is 0 Å². The van der Waals surface area contributed by atoms with Crippen LogP contribution < -0.4 is 10.1 Å². The van der Waals surface area contributed by atoms with Crippen molar-refractivity contribution in [1.82, 2.24) is 20.4 Å². The molecule has 0 radical (unpaired) electrons. The van der Waals surface area contributed by atoms with E-state index in [-0.39, 0.29) is 11.9 Å². The Kier molecular flexibility index (Phi) is 6.47. The van der Waals surface area contributed by atoms with Crippen molar-refractivity contribution in [2.24, 2.45) is 0 Å². The highest BCUT2D eigenvalue weighted by atomic mass is 16.5.